The van der Waals surface area contributed by atoms with Crippen LogP contribution < -0.4 is 0 Å². The molecule has 0 aliphatic heterocycles. The third-order valence-corrected chi connectivity index (χ3v) is 3.95. The van der Waals surface area contributed by atoms with Gasteiger partial charge in [0.1, 0.15) is 12.7 Å². The average molecular weight is 258 g/mol. The van der Waals surface area contributed by atoms with Crippen LogP contribution in [0.25, 0.3) is 0 Å². The Hall–Kier alpha value is -0.610. The number of carbonyl (C=O) groups is 1. The number of carbonyl (C=O) groups excluding carboxylic acids is 1. The predicted octanol–water partition coefficient (Wildman–Crippen LogP) is 1.59. The van der Waals surface area contributed by atoms with Crippen molar-refractivity contribution < 1.29 is 19.7 Å². The van der Waals surface area contributed by atoms with Crippen molar-refractivity contribution in [3.8, 4) is 0 Å². The molecule has 0 spiro atoms. The van der Waals surface area contributed by atoms with Gasteiger partial charge in [-0.15, -0.1) is 0 Å². The highest BCUT2D eigenvalue weighted by molar-refractivity contribution is 5.73. The van der Waals surface area contributed by atoms with Crippen LogP contribution in [0.2, 0.25) is 0 Å². The summed E-state index contributed by atoms with van der Waals surface area (Å²) >= 11 is 0. The van der Waals surface area contributed by atoms with Crippen molar-refractivity contribution >= 4 is 5.97 Å². The van der Waals surface area contributed by atoms with Crippen LogP contribution in [0.1, 0.15) is 40.0 Å². The van der Waals surface area contributed by atoms with Crippen molar-refractivity contribution in [1.82, 2.24) is 0 Å². The first-order valence-electron chi connectivity index (χ1n) is 6.91. The third kappa shape index (κ3) is 4.25. The lowest BCUT2D eigenvalue weighted by molar-refractivity contribution is -0.157. The van der Waals surface area contributed by atoms with E-state index < -0.39 is 6.10 Å². The zero-order valence-electron chi connectivity index (χ0n) is 11.6. The molecule has 0 aromatic heterocycles. The Morgan fingerprint density at radius 1 is 1.39 bits per heavy atom. The fourth-order valence-corrected chi connectivity index (χ4v) is 2.81. The summed E-state index contributed by atoms with van der Waals surface area (Å²) < 4.78 is 5.11. The maximum Gasteiger partial charge on any atom is 0.309 e. The molecule has 4 unspecified atom stereocenters. The zero-order valence-corrected chi connectivity index (χ0v) is 11.6. The third-order valence-electron chi connectivity index (χ3n) is 3.95. The van der Waals surface area contributed by atoms with E-state index in [1.165, 1.54) is 6.42 Å². The van der Waals surface area contributed by atoms with Gasteiger partial charge in [0.2, 0.25) is 0 Å². The number of hydrogen-bond acceptors (Lipinski definition) is 4. The van der Waals surface area contributed by atoms with Gasteiger partial charge in [-0.3, -0.25) is 4.79 Å². The van der Waals surface area contributed by atoms with Gasteiger partial charge in [0.25, 0.3) is 0 Å². The number of aliphatic hydroxyl groups excluding tert-OH is 2. The highest BCUT2D eigenvalue weighted by Gasteiger charge is 2.36. The Morgan fingerprint density at radius 3 is 2.61 bits per heavy atom. The second-order valence-corrected chi connectivity index (χ2v) is 5.90. The maximum absolute atomic E-state index is 12.1. The maximum atomic E-state index is 12.1. The van der Waals surface area contributed by atoms with Crippen LogP contribution in [0, 0.1) is 23.7 Å². The summed E-state index contributed by atoms with van der Waals surface area (Å²) in [4.78, 5) is 12.1. The van der Waals surface area contributed by atoms with E-state index in [-0.39, 0.29) is 25.1 Å². The molecule has 1 fully saturated rings. The SMILES string of the molecule is CC1CCC(C(C)C)C(C(=O)OCC(O)CO)C1. The van der Waals surface area contributed by atoms with E-state index >= 15 is 0 Å². The number of ether oxygens (including phenoxy) is 1. The van der Waals surface area contributed by atoms with Crippen molar-refractivity contribution in [3.05, 3.63) is 0 Å². The highest BCUT2D eigenvalue weighted by atomic mass is 16.5. The number of hydrogen-bond donors (Lipinski definition) is 2. The van der Waals surface area contributed by atoms with Crippen LogP contribution in [0.5, 0.6) is 0 Å². The Morgan fingerprint density at radius 2 is 2.06 bits per heavy atom. The number of aliphatic hydroxyl groups is 2. The molecular formula is C14H26O4. The Labute approximate surface area is 109 Å². The van der Waals surface area contributed by atoms with Crippen molar-refractivity contribution in [2.45, 2.75) is 46.1 Å². The summed E-state index contributed by atoms with van der Waals surface area (Å²) in [5, 5.41) is 17.9. The molecule has 1 aliphatic carbocycles. The Kier molecular flexibility index (Phi) is 6.09. The zero-order chi connectivity index (χ0) is 13.7. The Balaban J connectivity index is 2.55. The monoisotopic (exact) mass is 258 g/mol. The van der Waals surface area contributed by atoms with Gasteiger partial charge in [-0.2, -0.15) is 0 Å². The van der Waals surface area contributed by atoms with Gasteiger partial charge in [-0.05, 0) is 30.6 Å². The van der Waals surface area contributed by atoms with Gasteiger partial charge < -0.3 is 14.9 Å². The second-order valence-electron chi connectivity index (χ2n) is 5.90. The molecule has 0 saturated heterocycles. The fraction of sp³-hybridized carbons (Fsp3) is 0.929. The van der Waals surface area contributed by atoms with Gasteiger partial charge in [-0.1, -0.05) is 27.2 Å². The van der Waals surface area contributed by atoms with Crippen LogP contribution in [-0.4, -0.2) is 35.5 Å². The molecule has 106 valence electrons. The van der Waals surface area contributed by atoms with E-state index in [1.807, 2.05) is 0 Å². The first-order chi connectivity index (χ1) is 8.45. The average Bonchev–Trinajstić information content (AvgIpc) is 2.34. The molecule has 0 radical (unpaired) electrons. The molecule has 0 bridgehead atoms. The van der Waals surface area contributed by atoms with Gasteiger partial charge in [0, 0.05) is 0 Å². The molecular weight excluding hydrogens is 232 g/mol. The molecule has 0 aromatic carbocycles. The molecule has 4 heteroatoms. The number of esters is 1. The molecule has 18 heavy (non-hydrogen) atoms. The van der Waals surface area contributed by atoms with Gasteiger partial charge in [0.15, 0.2) is 0 Å². The minimum absolute atomic E-state index is 0.0559. The fourth-order valence-electron chi connectivity index (χ4n) is 2.81. The summed E-state index contributed by atoms with van der Waals surface area (Å²) in [5.74, 6) is 1.13. The molecule has 2 N–H and O–H groups in total. The van der Waals surface area contributed by atoms with Crippen molar-refractivity contribution in [1.29, 1.82) is 0 Å². The van der Waals surface area contributed by atoms with Crippen LogP contribution in [0.3, 0.4) is 0 Å². The van der Waals surface area contributed by atoms with Crippen LogP contribution >= 0.6 is 0 Å². The van der Waals surface area contributed by atoms with Gasteiger partial charge >= 0.3 is 5.97 Å². The highest BCUT2D eigenvalue weighted by Crippen LogP contribution is 2.38. The quantitative estimate of drug-likeness (QED) is 0.735. The van der Waals surface area contributed by atoms with Gasteiger partial charge in [0.05, 0.1) is 12.5 Å². The molecule has 1 aliphatic rings. The van der Waals surface area contributed by atoms with E-state index in [9.17, 15) is 9.90 Å². The van der Waals surface area contributed by atoms with Crippen molar-refractivity contribution in [3.63, 3.8) is 0 Å². The molecule has 1 rings (SSSR count). The van der Waals surface area contributed by atoms with Crippen LogP contribution in [0.4, 0.5) is 0 Å². The lowest BCUT2D eigenvalue weighted by Crippen LogP contribution is -2.35. The molecule has 0 heterocycles. The number of rotatable bonds is 5. The normalized spacial score (nSPS) is 30.2. The molecule has 4 nitrogen and oxygen atoms in total. The second kappa shape index (κ2) is 7.10. The molecule has 0 aromatic rings. The lowest BCUT2D eigenvalue weighted by atomic mass is 9.70. The van der Waals surface area contributed by atoms with Crippen molar-refractivity contribution in [2.24, 2.45) is 23.7 Å². The summed E-state index contributed by atoms with van der Waals surface area (Å²) in [6.45, 7) is 5.97. The smallest absolute Gasteiger partial charge is 0.309 e. The summed E-state index contributed by atoms with van der Waals surface area (Å²) in [7, 11) is 0. The minimum atomic E-state index is -0.965. The Bertz CT molecular complexity index is 265. The van der Waals surface area contributed by atoms with Crippen molar-refractivity contribution in [2.75, 3.05) is 13.2 Å². The molecule has 1 saturated carbocycles. The standard InChI is InChI=1S/C14H26O4/c1-9(2)12-5-4-10(3)6-13(12)14(17)18-8-11(16)7-15/h9-13,15-16H,4-8H2,1-3H3. The van der Waals surface area contributed by atoms with E-state index in [0.29, 0.717) is 17.8 Å². The first kappa shape index (κ1) is 15.4. The summed E-state index contributed by atoms with van der Waals surface area (Å²) in [6.07, 6.45) is 2.15. The van der Waals surface area contributed by atoms with Crippen LogP contribution in [-0.2, 0) is 9.53 Å². The van der Waals surface area contributed by atoms with E-state index in [1.54, 1.807) is 0 Å². The van der Waals surface area contributed by atoms with E-state index in [2.05, 4.69) is 20.8 Å². The van der Waals surface area contributed by atoms with Crippen LogP contribution in [0.15, 0.2) is 0 Å². The van der Waals surface area contributed by atoms with E-state index in [4.69, 9.17) is 9.84 Å². The largest absolute Gasteiger partial charge is 0.463 e. The first-order valence-corrected chi connectivity index (χ1v) is 6.91. The molecule has 4 atom stereocenters. The minimum Gasteiger partial charge on any atom is -0.463 e. The summed E-state index contributed by atoms with van der Waals surface area (Å²) in [6, 6.07) is 0. The lowest BCUT2D eigenvalue weighted by Gasteiger charge is -2.35. The predicted molar refractivity (Wildman–Crippen MR) is 68.9 cm³/mol. The topological polar surface area (TPSA) is 66.8 Å². The molecule has 0 amide bonds. The van der Waals surface area contributed by atoms with Gasteiger partial charge in [-0.25, -0.2) is 0 Å². The summed E-state index contributed by atoms with van der Waals surface area (Å²) in [5.41, 5.74) is 0. The van der Waals surface area contributed by atoms with E-state index in [0.717, 1.165) is 12.8 Å².